The van der Waals surface area contributed by atoms with Gasteiger partial charge in [0.05, 0.1) is 24.5 Å². The van der Waals surface area contributed by atoms with Crippen molar-refractivity contribution >= 4 is 35.1 Å². The van der Waals surface area contributed by atoms with Crippen LogP contribution in [0.1, 0.15) is 41.2 Å². The van der Waals surface area contributed by atoms with E-state index in [0.717, 1.165) is 37.2 Å². The van der Waals surface area contributed by atoms with E-state index in [4.69, 9.17) is 4.74 Å². The number of halogens is 2. The summed E-state index contributed by atoms with van der Waals surface area (Å²) < 4.78 is 33.2. The first kappa shape index (κ1) is 32.7. The molecular weight excluding hydrogens is 632 g/mol. The molecule has 2 fully saturated rings. The zero-order valence-corrected chi connectivity index (χ0v) is 27.0. The van der Waals surface area contributed by atoms with Gasteiger partial charge in [0.1, 0.15) is 17.9 Å². The van der Waals surface area contributed by atoms with Crippen LogP contribution in [0.3, 0.4) is 0 Å². The highest BCUT2D eigenvalue weighted by molar-refractivity contribution is 7.98. The summed E-state index contributed by atoms with van der Waals surface area (Å²) in [6.07, 6.45) is 10.6. The van der Waals surface area contributed by atoms with E-state index < -0.39 is 18.6 Å². The molecule has 250 valence electrons. The Balaban J connectivity index is 1.17. The second kappa shape index (κ2) is 14.2. The molecule has 0 bridgehead atoms. The van der Waals surface area contributed by atoms with Gasteiger partial charge in [0.25, 0.3) is 5.91 Å². The third kappa shape index (κ3) is 7.34. The van der Waals surface area contributed by atoms with Crippen molar-refractivity contribution in [2.45, 2.75) is 42.9 Å². The number of likely N-dealkylation sites (tertiary alicyclic amines) is 2. The van der Waals surface area contributed by atoms with Crippen LogP contribution in [0.25, 0.3) is 5.65 Å². The number of likely N-dealkylation sites (N-methyl/N-ethyl adjacent to an activating group) is 1. The molecule has 2 saturated heterocycles. The van der Waals surface area contributed by atoms with Crippen LogP contribution in [0.15, 0.2) is 59.6 Å². The lowest BCUT2D eigenvalue weighted by atomic mass is 10.0. The fraction of sp³-hybridized carbons (Fsp3) is 0.452. The highest BCUT2D eigenvalue weighted by atomic mass is 32.2. The maximum Gasteiger partial charge on any atom is 0.387 e. The van der Waals surface area contributed by atoms with Crippen molar-refractivity contribution in [2.24, 2.45) is 0 Å². The molecule has 3 aliphatic heterocycles. The Bertz CT molecular complexity index is 1660. The number of nitrogens with one attached hydrogen (secondary N) is 2. The summed E-state index contributed by atoms with van der Waals surface area (Å²) in [4.78, 5) is 50.1. The average Bonchev–Trinajstić information content (AvgIpc) is 3.64. The number of amides is 3. The van der Waals surface area contributed by atoms with E-state index in [-0.39, 0.29) is 35.7 Å². The number of benzene rings is 1. The number of piperidine rings is 1. The second-order valence-corrected chi connectivity index (χ2v) is 12.6. The number of rotatable bonds is 11. The van der Waals surface area contributed by atoms with Crippen LogP contribution in [-0.2, 0) is 9.59 Å². The van der Waals surface area contributed by atoms with Crippen LogP contribution in [0.5, 0.6) is 5.75 Å². The number of hydrogen-bond donors (Lipinski definition) is 2. The van der Waals surface area contributed by atoms with Crippen molar-refractivity contribution < 1.29 is 27.9 Å². The van der Waals surface area contributed by atoms with E-state index in [1.807, 2.05) is 18.2 Å². The summed E-state index contributed by atoms with van der Waals surface area (Å²) in [6, 6.07) is 5.94. The van der Waals surface area contributed by atoms with E-state index >= 15 is 0 Å². The Morgan fingerprint density at radius 3 is 2.62 bits per heavy atom. The summed E-state index contributed by atoms with van der Waals surface area (Å²) in [5.74, 6) is -0.544. The molecule has 2 aromatic heterocycles. The highest BCUT2D eigenvalue weighted by Crippen LogP contribution is 2.36. The molecule has 47 heavy (non-hydrogen) atoms. The lowest BCUT2D eigenvalue weighted by Gasteiger charge is -2.38. The van der Waals surface area contributed by atoms with E-state index in [1.165, 1.54) is 28.5 Å². The maximum atomic E-state index is 13.5. The minimum Gasteiger partial charge on any atom is -0.434 e. The minimum absolute atomic E-state index is 0.0555. The van der Waals surface area contributed by atoms with Gasteiger partial charge in [-0.25, -0.2) is 14.9 Å². The molecule has 0 spiro atoms. The molecule has 0 saturated carbocycles. The van der Waals surface area contributed by atoms with Gasteiger partial charge in [0, 0.05) is 61.3 Å². The zero-order chi connectivity index (χ0) is 33.1. The van der Waals surface area contributed by atoms with Gasteiger partial charge >= 0.3 is 6.61 Å². The zero-order valence-electron chi connectivity index (χ0n) is 26.1. The van der Waals surface area contributed by atoms with E-state index in [1.54, 1.807) is 46.7 Å². The van der Waals surface area contributed by atoms with Gasteiger partial charge in [-0.2, -0.15) is 13.9 Å². The minimum atomic E-state index is -3.06. The molecule has 3 aliphatic rings. The summed E-state index contributed by atoms with van der Waals surface area (Å²) >= 11 is 1.43. The molecular formula is C31H37F2N9O4S. The molecule has 16 heteroatoms. The molecule has 3 aromatic rings. The third-order valence-corrected chi connectivity index (χ3v) is 9.49. The summed E-state index contributed by atoms with van der Waals surface area (Å²) in [6.45, 7) is -0.0123. The number of nitrogens with zero attached hydrogens (tertiary/aromatic N) is 7. The smallest absolute Gasteiger partial charge is 0.387 e. The molecule has 0 radical (unpaired) electrons. The number of aromatic nitrogens is 3. The van der Waals surface area contributed by atoms with Crippen LogP contribution in [-0.4, -0.2) is 117 Å². The van der Waals surface area contributed by atoms with Gasteiger partial charge in [-0.1, -0.05) is 0 Å². The Kier molecular flexibility index (Phi) is 9.89. The normalized spacial score (nSPS) is 18.6. The van der Waals surface area contributed by atoms with Gasteiger partial charge in [-0.15, -0.1) is 11.8 Å². The number of carbonyl (C=O) groups is 3. The maximum absolute atomic E-state index is 13.5. The SMILES string of the molecule is CSc1ccc(OC(F)F)c(C2NN(CC(=O)N3CCC(N(C)CC(=O)N4CCC4)CC3)C=C2NC(=O)c2cnn3cccnc23)c1. The quantitative estimate of drug-likeness (QED) is 0.294. The number of hydrazine groups is 1. The van der Waals surface area contributed by atoms with Crippen LogP contribution < -0.4 is 15.5 Å². The van der Waals surface area contributed by atoms with Gasteiger partial charge in [-0.3, -0.25) is 19.3 Å². The number of carbonyl (C=O) groups excluding carboxylic acids is 3. The molecule has 13 nitrogen and oxygen atoms in total. The van der Waals surface area contributed by atoms with Gasteiger partial charge in [-0.05, 0) is 56.8 Å². The molecule has 5 heterocycles. The second-order valence-electron chi connectivity index (χ2n) is 11.7. The van der Waals surface area contributed by atoms with Crippen LogP contribution >= 0.6 is 11.8 Å². The largest absolute Gasteiger partial charge is 0.434 e. The van der Waals surface area contributed by atoms with Crippen molar-refractivity contribution in [3.8, 4) is 5.75 Å². The first-order chi connectivity index (χ1) is 22.7. The molecule has 6 rings (SSSR count). The van der Waals surface area contributed by atoms with E-state index in [0.29, 0.717) is 36.5 Å². The number of thioether (sulfide) groups is 1. The Labute approximate surface area is 274 Å². The fourth-order valence-electron chi connectivity index (χ4n) is 6.03. The van der Waals surface area contributed by atoms with Crippen LogP contribution in [0, 0.1) is 0 Å². The van der Waals surface area contributed by atoms with Crippen LogP contribution in [0.2, 0.25) is 0 Å². The molecule has 1 unspecified atom stereocenters. The summed E-state index contributed by atoms with van der Waals surface area (Å²) in [5, 5.41) is 8.62. The number of fused-ring (bicyclic) bond motifs is 1. The van der Waals surface area contributed by atoms with Crippen molar-refractivity contribution in [2.75, 3.05) is 52.6 Å². The summed E-state index contributed by atoms with van der Waals surface area (Å²) in [7, 11) is 1.95. The molecule has 0 aliphatic carbocycles. The monoisotopic (exact) mass is 669 g/mol. The van der Waals surface area contributed by atoms with Crippen molar-refractivity contribution in [1.29, 1.82) is 0 Å². The molecule has 1 aromatic carbocycles. The highest BCUT2D eigenvalue weighted by Gasteiger charge is 2.34. The van der Waals surface area contributed by atoms with Crippen molar-refractivity contribution in [3.63, 3.8) is 0 Å². The Morgan fingerprint density at radius 1 is 1.15 bits per heavy atom. The molecule has 2 N–H and O–H groups in total. The number of ether oxygens (including phenoxy) is 1. The van der Waals surface area contributed by atoms with Gasteiger partial charge < -0.3 is 24.9 Å². The van der Waals surface area contributed by atoms with Crippen molar-refractivity contribution in [3.05, 3.63) is 65.9 Å². The van der Waals surface area contributed by atoms with Crippen molar-refractivity contribution in [1.82, 2.24) is 45.0 Å². The lowest BCUT2D eigenvalue weighted by Crippen LogP contribution is -2.52. The summed E-state index contributed by atoms with van der Waals surface area (Å²) in [5.41, 5.74) is 4.49. The van der Waals surface area contributed by atoms with Gasteiger partial charge in [0.15, 0.2) is 5.65 Å². The predicted molar refractivity (Wildman–Crippen MR) is 169 cm³/mol. The standard InChI is InChI=1S/C31H37F2N9O4S/c1-38(18-26(43)39-10-4-11-39)20-7-13-40(14-8-20)27(44)19-41-17-24(36-30(45)23-16-35-42-12-3-9-34-29(23)42)28(37-41)22-15-21(47-2)5-6-25(22)46-31(32)33/h3,5-6,9,12,15-17,20,28,31,37H,4,7-8,10-11,13-14,18-19H2,1-2H3,(H,36,45). The third-order valence-electron chi connectivity index (χ3n) is 8.77. The van der Waals surface area contributed by atoms with E-state index in [2.05, 4.69) is 25.7 Å². The fourth-order valence-corrected chi connectivity index (χ4v) is 6.47. The number of hydrogen-bond acceptors (Lipinski definition) is 10. The number of alkyl halides is 2. The Hall–Kier alpha value is -4.28. The average molecular weight is 670 g/mol. The first-order valence-electron chi connectivity index (χ1n) is 15.4. The molecule has 3 amide bonds. The Morgan fingerprint density at radius 2 is 1.91 bits per heavy atom. The topological polar surface area (TPSA) is 128 Å². The molecule has 1 atom stereocenters. The van der Waals surface area contributed by atoms with Crippen LogP contribution in [0.4, 0.5) is 8.78 Å². The van der Waals surface area contributed by atoms with Gasteiger partial charge in [0.2, 0.25) is 11.8 Å². The first-order valence-corrected chi connectivity index (χ1v) is 16.7. The predicted octanol–water partition coefficient (Wildman–Crippen LogP) is 2.34. The van der Waals surface area contributed by atoms with E-state index in [9.17, 15) is 23.2 Å². The lowest BCUT2D eigenvalue weighted by molar-refractivity contribution is -0.138.